The Labute approximate surface area is 124 Å². The Balaban J connectivity index is 3.17. The van der Waals surface area contributed by atoms with Gasteiger partial charge >= 0.3 is 0 Å². The number of amides is 1. The Hall–Kier alpha value is -2.42. The minimum atomic E-state index is -0.527. The third-order valence-corrected chi connectivity index (χ3v) is 3.02. The maximum Gasteiger partial charge on any atom is 0.285 e. The van der Waals surface area contributed by atoms with Gasteiger partial charge in [0.25, 0.3) is 11.6 Å². The fraction of sp³-hybridized carbons (Fsp3) is 0.467. The Morgan fingerprint density at radius 1 is 1.48 bits per heavy atom. The first kappa shape index (κ1) is 16.6. The van der Waals surface area contributed by atoms with E-state index in [2.05, 4.69) is 0 Å². The van der Waals surface area contributed by atoms with Crippen LogP contribution >= 0.6 is 0 Å². The standard InChI is InChI=1S/C15H19N3O3/c1-11(2)10-17(9-5-8-16)15(19)13-7-4-6-12(3)14(13)18(20)21/h4,6-7,11H,5,9-10H2,1-3H3. The average Bonchev–Trinajstić information content (AvgIpc) is 2.41. The number of aryl methyl sites for hydroxylation is 1. The molecule has 0 fully saturated rings. The van der Waals surface area contributed by atoms with Gasteiger partial charge in [0.15, 0.2) is 0 Å². The number of hydrogen-bond acceptors (Lipinski definition) is 4. The van der Waals surface area contributed by atoms with Crippen molar-refractivity contribution in [3.05, 3.63) is 39.4 Å². The van der Waals surface area contributed by atoms with Gasteiger partial charge in [-0.05, 0) is 18.9 Å². The SMILES string of the molecule is Cc1cccc(C(=O)N(CCC#N)CC(C)C)c1[N+](=O)[O-]. The number of nitro groups is 1. The van der Waals surface area contributed by atoms with Crippen LogP contribution < -0.4 is 0 Å². The summed E-state index contributed by atoms with van der Waals surface area (Å²) in [4.78, 5) is 24.7. The molecule has 112 valence electrons. The molecule has 0 bridgehead atoms. The summed E-state index contributed by atoms with van der Waals surface area (Å²) in [5, 5.41) is 19.9. The molecular weight excluding hydrogens is 270 g/mol. The van der Waals surface area contributed by atoms with Crippen LogP contribution in [-0.2, 0) is 0 Å². The van der Waals surface area contributed by atoms with Gasteiger partial charge in [-0.2, -0.15) is 5.26 Å². The lowest BCUT2D eigenvalue weighted by Gasteiger charge is -2.23. The molecule has 0 spiro atoms. The quantitative estimate of drug-likeness (QED) is 0.595. The van der Waals surface area contributed by atoms with Gasteiger partial charge in [0.1, 0.15) is 5.56 Å². The molecule has 0 heterocycles. The van der Waals surface area contributed by atoms with E-state index in [0.29, 0.717) is 12.1 Å². The van der Waals surface area contributed by atoms with E-state index in [4.69, 9.17) is 5.26 Å². The molecule has 0 aliphatic heterocycles. The maximum atomic E-state index is 12.6. The maximum absolute atomic E-state index is 12.6. The van der Waals surface area contributed by atoms with Crippen molar-refractivity contribution in [2.24, 2.45) is 5.92 Å². The largest absolute Gasteiger partial charge is 0.337 e. The molecule has 6 nitrogen and oxygen atoms in total. The van der Waals surface area contributed by atoms with Crippen molar-refractivity contribution in [1.29, 1.82) is 5.26 Å². The van der Waals surface area contributed by atoms with Gasteiger partial charge < -0.3 is 4.90 Å². The van der Waals surface area contributed by atoms with E-state index in [0.717, 1.165) is 0 Å². The first-order valence-corrected chi connectivity index (χ1v) is 6.78. The molecule has 21 heavy (non-hydrogen) atoms. The van der Waals surface area contributed by atoms with Crippen LogP contribution in [0.25, 0.3) is 0 Å². The number of para-hydroxylation sites is 1. The van der Waals surface area contributed by atoms with Crippen LogP contribution in [0.5, 0.6) is 0 Å². The lowest BCUT2D eigenvalue weighted by atomic mass is 10.1. The minimum absolute atomic E-state index is 0.0820. The van der Waals surface area contributed by atoms with Crippen molar-refractivity contribution in [2.75, 3.05) is 13.1 Å². The number of carbonyl (C=O) groups is 1. The Morgan fingerprint density at radius 3 is 2.67 bits per heavy atom. The number of hydrogen-bond donors (Lipinski definition) is 0. The summed E-state index contributed by atoms with van der Waals surface area (Å²) >= 11 is 0. The summed E-state index contributed by atoms with van der Waals surface area (Å²) in [6, 6.07) is 6.70. The Bertz CT molecular complexity index is 576. The second kappa shape index (κ2) is 7.39. The summed E-state index contributed by atoms with van der Waals surface area (Å²) in [5.41, 5.74) is 0.377. The normalized spacial score (nSPS) is 10.2. The molecule has 0 aromatic heterocycles. The number of nitriles is 1. The predicted octanol–water partition coefficient (Wildman–Crippen LogP) is 2.92. The van der Waals surface area contributed by atoms with Crippen LogP contribution in [0.3, 0.4) is 0 Å². The van der Waals surface area contributed by atoms with Gasteiger partial charge in [0, 0.05) is 18.7 Å². The van der Waals surface area contributed by atoms with E-state index >= 15 is 0 Å². The number of nitrogens with zero attached hydrogens (tertiary/aromatic N) is 3. The number of rotatable bonds is 6. The molecule has 0 saturated heterocycles. The van der Waals surface area contributed by atoms with Crippen molar-refractivity contribution >= 4 is 11.6 Å². The van der Waals surface area contributed by atoms with E-state index in [9.17, 15) is 14.9 Å². The molecule has 1 aromatic carbocycles. The van der Waals surface area contributed by atoms with Gasteiger partial charge in [0.2, 0.25) is 0 Å². The topological polar surface area (TPSA) is 87.2 Å². The Kier molecular flexibility index (Phi) is 5.85. The third kappa shape index (κ3) is 4.28. The van der Waals surface area contributed by atoms with Crippen molar-refractivity contribution in [2.45, 2.75) is 27.2 Å². The van der Waals surface area contributed by atoms with Crippen molar-refractivity contribution in [3.8, 4) is 6.07 Å². The summed E-state index contributed by atoms with van der Waals surface area (Å²) < 4.78 is 0. The fourth-order valence-electron chi connectivity index (χ4n) is 2.15. The highest BCUT2D eigenvalue weighted by molar-refractivity contribution is 5.98. The smallest absolute Gasteiger partial charge is 0.285 e. The summed E-state index contributed by atoms with van der Waals surface area (Å²) in [7, 11) is 0. The second-order valence-electron chi connectivity index (χ2n) is 5.28. The first-order valence-electron chi connectivity index (χ1n) is 6.78. The summed E-state index contributed by atoms with van der Waals surface area (Å²) in [6.07, 6.45) is 0.206. The minimum Gasteiger partial charge on any atom is -0.337 e. The monoisotopic (exact) mass is 289 g/mol. The third-order valence-electron chi connectivity index (χ3n) is 3.02. The lowest BCUT2D eigenvalue weighted by Crippen LogP contribution is -2.35. The molecule has 1 amide bonds. The van der Waals surface area contributed by atoms with Crippen molar-refractivity contribution in [3.63, 3.8) is 0 Å². The van der Waals surface area contributed by atoms with Gasteiger partial charge in [-0.25, -0.2) is 0 Å². The van der Waals surface area contributed by atoms with E-state index in [1.54, 1.807) is 19.1 Å². The molecule has 1 aromatic rings. The molecule has 0 aliphatic carbocycles. The zero-order valence-electron chi connectivity index (χ0n) is 12.5. The molecule has 0 N–H and O–H groups in total. The molecule has 0 aliphatic rings. The highest BCUT2D eigenvalue weighted by Gasteiger charge is 2.26. The number of nitro benzene ring substituents is 1. The zero-order valence-corrected chi connectivity index (χ0v) is 12.5. The highest BCUT2D eigenvalue weighted by atomic mass is 16.6. The lowest BCUT2D eigenvalue weighted by molar-refractivity contribution is -0.385. The molecule has 0 atom stereocenters. The van der Waals surface area contributed by atoms with Crippen molar-refractivity contribution in [1.82, 2.24) is 4.90 Å². The van der Waals surface area contributed by atoms with Crippen LogP contribution in [0.4, 0.5) is 5.69 Å². The van der Waals surface area contributed by atoms with Crippen LogP contribution in [0.2, 0.25) is 0 Å². The molecule has 6 heteroatoms. The average molecular weight is 289 g/mol. The zero-order chi connectivity index (χ0) is 16.0. The van der Waals surface area contributed by atoms with Gasteiger partial charge in [-0.3, -0.25) is 14.9 Å². The second-order valence-corrected chi connectivity index (χ2v) is 5.28. The van der Waals surface area contributed by atoms with Crippen LogP contribution in [-0.4, -0.2) is 28.8 Å². The van der Waals surface area contributed by atoms with E-state index in [1.807, 2.05) is 19.9 Å². The van der Waals surface area contributed by atoms with E-state index in [1.165, 1.54) is 11.0 Å². The number of carbonyl (C=O) groups excluding carboxylic acids is 1. The Morgan fingerprint density at radius 2 is 2.14 bits per heavy atom. The van der Waals surface area contributed by atoms with Crippen LogP contribution in [0, 0.1) is 34.3 Å². The molecule has 0 radical (unpaired) electrons. The summed E-state index contributed by atoms with van der Waals surface area (Å²) in [6.45, 7) is 6.26. The van der Waals surface area contributed by atoms with Crippen LogP contribution in [0.1, 0.15) is 36.2 Å². The fourth-order valence-corrected chi connectivity index (χ4v) is 2.15. The predicted molar refractivity (Wildman–Crippen MR) is 78.8 cm³/mol. The van der Waals surface area contributed by atoms with Gasteiger partial charge in [-0.1, -0.05) is 26.0 Å². The molecular formula is C15H19N3O3. The highest BCUT2D eigenvalue weighted by Crippen LogP contribution is 2.24. The molecule has 0 unspecified atom stereocenters. The molecule has 1 rings (SSSR count). The van der Waals surface area contributed by atoms with Crippen LogP contribution in [0.15, 0.2) is 18.2 Å². The van der Waals surface area contributed by atoms with Gasteiger partial charge in [-0.15, -0.1) is 0 Å². The summed E-state index contributed by atoms with van der Waals surface area (Å²) in [5.74, 6) is -0.175. The number of benzene rings is 1. The van der Waals surface area contributed by atoms with Gasteiger partial charge in [0.05, 0.1) is 17.4 Å². The van der Waals surface area contributed by atoms with E-state index in [-0.39, 0.29) is 30.1 Å². The van der Waals surface area contributed by atoms with E-state index < -0.39 is 10.8 Å². The van der Waals surface area contributed by atoms with Crippen molar-refractivity contribution < 1.29 is 9.72 Å². The molecule has 0 saturated carbocycles. The first-order chi connectivity index (χ1) is 9.88.